The maximum Gasteiger partial charge on any atom is 0.261 e. The number of carbonyl (C=O) groups excluding carboxylic acids is 1. The van der Waals surface area contributed by atoms with Crippen LogP contribution in [0.5, 0.6) is 0 Å². The zero-order chi connectivity index (χ0) is 24.8. The van der Waals surface area contributed by atoms with Crippen LogP contribution in [-0.2, 0) is 10.8 Å². The van der Waals surface area contributed by atoms with Crippen molar-refractivity contribution in [2.75, 3.05) is 0 Å². The quantitative estimate of drug-likeness (QED) is 0.331. The molecule has 0 bridgehead atoms. The third-order valence-electron chi connectivity index (χ3n) is 8.33. The molecule has 35 heavy (non-hydrogen) atoms. The maximum absolute atomic E-state index is 13.6. The molecule has 182 valence electrons. The summed E-state index contributed by atoms with van der Waals surface area (Å²) in [6.45, 7) is 9.31. The van der Waals surface area contributed by atoms with Crippen LogP contribution in [0.15, 0.2) is 83.3 Å². The zero-order valence-electron chi connectivity index (χ0n) is 21.2. The molecule has 2 aliphatic rings. The number of benzene rings is 3. The molecule has 5 rings (SSSR count). The molecule has 2 aliphatic carbocycles. The second kappa shape index (κ2) is 9.13. The van der Waals surface area contributed by atoms with Crippen molar-refractivity contribution >= 4 is 40.4 Å². The van der Waals surface area contributed by atoms with Gasteiger partial charge < -0.3 is 4.43 Å². The molecule has 0 aliphatic heterocycles. The first-order chi connectivity index (χ1) is 16.7. The summed E-state index contributed by atoms with van der Waals surface area (Å²) >= 11 is 3.55. The van der Waals surface area contributed by atoms with E-state index in [1.807, 2.05) is 6.07 Å². The molecule has 1 fully saturated rings. The molecule has 0 unspecified atom stereocenters. The molecule has 0 amide bonds. The van der Waals surface area contributed by atoms with E-state index in [9.17, 15) is 4.79 Å². The second-order valence-electron chi connectivity index (χ2n) is 11.6. The van der Waals surface area contributed by atoms with Crippen LogP contribution in [0, 0.1) is 11.3 Å². The van der Waals surface area contributed by atoms with E-state index in [0.717, 1.165) is 35.7 Å². The normalized spacial score (nSPS) is 24.5. The zero-order valence-corrected chi connectivity index (χ0v) is 23.8. The van der Waals surface area contributed by atoms with Gasteiger partial charge in [-0.1, -0.05) is 110 Å². The van der Waals surface area contributed by atoms with Gasteiger partial charge in [0, 0.05) is 21.6 Å². The summed E-state index contributed by atoms with van der Waals surface area (Å²) in [5.74, 6) is 0.650. The summed E-state index contributed by atoms with van der Waals surface area (Å²) in [6.07, 6.45) is 3.71. The van der Waals surface area contributed by atoms with Gasteiger partial charge in [-0.05, 0) is 64.7 Å². The lowest BCUT2D eigenvalue weighted by Gasteiger charge is -2.49. The first kappa shape index (κ1) is 24.7. The van der Waals surface area contributed by atoms with Crippen LogP contribution in [0.2, 0.25) is 5.04 Å². The molecule has 0 radical (unpaired) electrons. The van der Waals surface area contributed by atoms with Crippen LogP contribution in [0.4, 0.5) is 0 Å². The van der Waals surface area contributed by atoms with Crippen LogP contribution >= 0.6 is 15.9 Å². The Labute approximate surface area is 219 Å². The minimum atomic E-state index is -2.61. The Hall–Kier alpha value is -2.01. The molecule has 3 aromatic carbocycles. The molecule has 1 saturated carbocycles. The Kier molecular flexibility index (Phi) is 6.44. The smallest absolute Gasteiger partial charge is 0.261 e. The number of fused-ring (bicyclic) bond motifs is 1. The molecule has 0 aromatic heterocycles. The molecule has 0 heterocycles. The largest absolute Gasteiger partial charge is 0.404 e. The number of hydrogen-bond donors (Lipinski definition) is 0. The van der Waals surface area contributed by atoms with Crippen molar-refractivity contribution in [2.24, 2.45) is 11.3 Å². The minimum absolute atomic E-state index is 0.0454. The lowest BCUT2D eigenvalue weighted by Crippen LogP contribution is -2.68. The van der Waals surface area contributed by atoms with Crippen LogP contribution in [0.1, 0.15) is 62.9 Å². The van der Waals surface area contributed by atoms with Gasteiger partial charge in [-0.15, -0.1) is 0 Å². The van der Waals surface area contributed by atoms with Crippen LogP contribution in [0.25, 0.3) is 0 Å². The second-order valence-corrected chi connectivity index (χ2v) is 16.8. The van der Waals surface area contributed by atoms with E-state index in [1.54, 1.807) is 0 Å². The van der Waals surface area contributed by atoms with Crippen molar-refractivity contribution < 1.29 is 9.22 Å². The van der Waals surface area contributed by atoms with E-state index >= 15 is 0 Å². The summed E-state index contributed by atoms with van der Waals surface area (Å²) in [7, 11) is -2.61. The fourth-order valence-corrected chi connectivity index (χ4v) is 11.8. The number of halogens is 1. The minimum Gasteiger partial charge on any atom is -0.404 e. The third kappa shape index (κ3) is 4.18. The Morgan fingerprint density at radius 2 is 1.54 bits per heavy atom. The molecular weight excluding hydrogens is 512 g/mol. The topological polar surface area (TPSA) is 26.3 Å². The highest BCUT2D eigenvalue weighted by molar-refractivity contribution is 9.10. The molecule has 4 heteroatoms. The van der Waals surface area contributed by atoms with E-state index < -0.39 is 8.32 Å². The molecular formula is C31H35BrO2Si. The molecule has 0 saturated heterocycles. The number of rotatable bonds is 4. The molecule has 0 N–H and O–H groups in total. The average Bonchev–Trinajstić information content (AvgIpc) is 3.09. The third-order valence-corrected chi connectivity index (χ3v) is 13.9. The Bertz CT molecular complexity index is 1180. The van der Waals surface area contributed by atoms with Gasteiger partial charge in [0.15, 0.2) is 5.78 Å². The van der Waals surface area contributed by atoms with Crippen LogP contribution in [0.3, 0.4) is 0 Å². The number of carbonyl (C=O) groups is 1. The summed E-state index contributed by atoms with van der Waals surface area (Å²) < 4.78 is 8.47. The molecule has 3 atom stereocenters. The Morgan fingerprint density at radius 1 is 0.943 bits per heavy atom. The fourth-order valence-electron chi connectivity index (χ4n) is 6.66. The highest BCUT2D eigenvalue weighted by Gasteiger charge is 2.55. The van der Waals surface area contributed by atoms with E-state index in [2.05, 4.69) is 116 Å². The lowest BCUT2D eigenvalue weighted by atomic mass is 9.67. The van der Waals surface area contributed by atoms with Gasteiger partial charge in [0.2, 0.25) is 0 Å². The first-order valence-corrected chi connectivity index (χ1v) is 15.5. The molecule has 1 spiro atoms. The monoisotopic (exact) mass is 546 g/mol. The predicted molar refractivity (Wildman–Crippen MR) is 150 cm³/mol. The highest BCUT2D eigenvalue weighted by Crippen LogP contribution is 2.51. The van der Waals surface area contributed by atoms with Gasteiger partial charge in [0.1, 0.15) is 0 Å². The fraction of sp³-hybridized carbons (Fsp3) is 0.387. The van der Waals surface area contributed by atoms with E-state index in [4.69, 9.17) is 4.43 Å². The summed E-state index contributed by atoms with van der Waals surface area (Å²) in [5, 5.41) is 2.59. The van der Waals surface area contributed by atoms with Crippen molar-refractivity contribution in [2.45, 2.75) is 64.5 Å². The molecule has 3 aromatic rings. The predicted octanol–water partition coefficient (Wildman–Crippen LogP) is 6.94. The highest BCUT2D eigenvalue weighted by atomic mass is 79.9. The Morgan fingerprint density at radius 3 is 2.09 bits per heavy atom. The number of ketones is 1. The lowest BCUT2D eigenvalue weighted by molar-refractivity contribution is 0.0281. The standard InChI is InChI=1S/C31H35BrO2Si/c1-22-20-31(21-23-15-16-24(32)19-27(23)29(31)33)18-17-28(22)34-35(30(2,3)4,25-11-7-5-8-12-25)26-13-9-6-10-14-26/h5-16,19,22,28H,17-18,20-21H2,1-4H3/t22-,28-,31-/m1/s1. The van der Waals surface area contributed by atoms with Crippen molar-refractivity contribution in [3.8, 4) is 0 Å². The van der Waals surface area contributed by atoms with Gasteiger partial charge in [0.05, 0.1) is 0 Å². The van der Waals surface area contributed by atoms with E-state index in [1.165, 1.54) is 15.9 Å². The van der Waals surface area contributed by atoms with Gasteiger partial charge in [-0.2, -0.15) is 0 Å². The van der Waals surface area contributed by atoms with Crippen molar-refractivity contribution in [1.82, 2.24) is 0 Å². The summed E-state index contributed by atoms with van der Waals surface area (Å²) in [5.41, 5.74) is 1.85. The van der Waals surface area contributed by atoms with Gasteiger partial charge in [-0.25, -0.2) is 0 Å². The SMILES string of the molecule is C[C@@H]1C[C@]2(CC[C@H]1O[Si](c1ccccc1)(c1ccccc1)C(C)(C)C)Cc1ccc(Br)cc1C2=O. The van der Waals surface area contributed by atoms with Crippen molar-refractivity contribution in [1.29, 1.82) is 0 Å². The number of hydrogen-bond acceptors (Lipinski definition) is 2. The maximum atomic E-state index is 13.6. The van der Waals surface area contributed by atoms with E-state index in [0.29, 0.717) is 11.7 Å². The van der Waals surface area contributed by atoms with Gasteiger partial charge >= 0.3 is 0 Å². The molecule has 2 nitrogen and oxygen atoms in total. The van der Waals surface area contributed by atoms with Gasteiger partial charge in [-0.3, -0.25) is 4.79 Å². The first-order valence-electron chi connectivity index (χ1n) is 12.8. The summed E-state index contributed by atoms with van der Waals surface area (Å²) in [6, 6.07) is 28.0. The average molecular weight is 548 g/mol. The van der Waals surface area contributed by atoms with Crippen LogP contribution < -0.4 is 10.4 Å². The van der Waals surface area contributed by atoms with Crippen molar-refractivity contribution in [3.63, 3.8) is 0 Å². The van der Waals surface area contributed by atoms with Gasteiger partial charge in [0.25, 0.3) is 8.32 Å². The van der Waals surface area contributed by atoms with E-state index in [-0.39, 0.29) is 16.6 Å². The van der Waals surface area contributed by atoms with Crippen molar-refractivity contribution in [3.05, 3.63) is 94.5 Å². The summed E-state index contributed by atoms with van der Waals surface area (Å²) in [4.78, 5) is 13.6. The number of Topliss-reactive ketones (excluding diaryl/α,β-unsaturated/α-hetero) is 1. The Balaban J connectivity index is 1.49. The van der Waals surface area contributed by atoms with Crippen LogP contribution in [-0.4, -0.2) is 20.2 Å².